The Kier molecular flexibility index (Phi) is 3.64. The Labute approximate surface area is 98.2 Å². The largest absolute Gasteiger partial charge is 0.313 e. The second kappa shape index (κ2) is 5.00. The number of aromatic nitrogens is 2. The smallest absolute Gasteiger partial charge is 0.0540 e. The molecular formula is C13H23N3. The number of nitrogens with zero attached hydrogens (tertiary/aromatic N) is 2. The van der Waals surface area contributed by atoms with Gasteiger partial charge in [-0.25, -0.2) is 0 Å². The first-order valence-corrected chi connectivity index (χ1v) is 6.55. The standard InChI is InChI=1S/C13H23N3/c1-4-10(5-2)16-13-8-6-7-12(14-3)11(13)9-15-16/h9-10,12,14H,4-8H2,1-3H3. The molecule has 1 aliphatic carbocycles. The van der Waals surface area contributed by atoms with E-state index in [1.54, 1.807) is 0 Å². The summed E-state index contributed by atoms with van der Waals surface area (Å²) in [6.45, 7) is 4.50. The maximum absolute atomic E-state index is 4.61. The van der Waals surface area contributed by atoms with Crippen LogP contribution in [0.15, 0.2) is 6.20 Å². The molecule has 0 saturated carbocycles. The molecule has 3 nitrogen and oxygen atoms in total. The van der Waals surface area contributed by atoms with E-state index in [0.717, 1.165) is 0 Å². The van der Waals surface area contributed by atoms with Crippen molar-refractivity contribution in [3.63, 3.8) is 0 Å². The molecule has 0 aromatic carbocycles. The van der Waals surface area contributed by atoms with Gasteiger partial charge in [0.05, 0.1) is 12.2 Å². The van der Waals surface area contributed by atoms with Crippen LogP contribution in [0.2, 0.25) is 0 Å². The van der Waals surface area contributed by atoms with Gasteiger partial charge in [-0.2, -0.15) is 5.10 Å². The summed E-state index contributed by atoms with van der Waals surface area (Å²) in [5.41, 5.74) is 2.90. The molecule has 1 heterocycles. The zero-order valence-electron chi connectivity index (χ0n) is 10.7. The Morgan fingerprint density at radius 3 is 2.88 bits per heavy atom. The second-order valence-corrected chi connectivity index (χ2v) is 4.69. The average molecular weight is 221 g/mol. The highest BCUT2D eigenvalue weighted by atomic mass is 15.3. The van der Waals surface area contributed by atoms with Gasteiger partial charge >= 0.3 is 0 Å². The Bertz CT molecular complexity index is 339. The van der Waals surface area contributed by atoms with Gasteiger partial charge in [-0.3, -0.25) is 4.68 Å². The second-order valence-electron chi connectivity index (χ2n) is 4.69. The van der Waals surface area contributed by atoms with E-state index in [2.05, 4.69) is 35.1 Å². The van der Waals surface area contributed by atoms with Gasteiger partial charge in [0.25, 0.3) is 0 Å². The Hall–Kier alpha value is -0.830. The molecule has 0 radical (unpaired) electrons. The summed E-state index contributed by atoms with van der Waals surface area (Å²) in [5.74, 6) is 0. The van der Waals surface area contributed by atoms with Gasteiger partial charge in [0.2, 0.25) is 0 Å². The number of hydrogen-bond acceptors (Lipinski definition) is 2. The topological polar surface area (TPSA) is 29.9 Å². The molecule has 1 N–H and O–H groups in total. The van der Waals surface area contributed by atoms with Crippen LogP contribution in [0.5, 0.6) is 0 Å². The van der Waals surface area contributed by atoms with Crippen LogP contribution in [0.1, 0.15) is 62.9 Å². The quantitative estimate of drug-likeness (QED) is 0.847. The summed E-state index contributed by atoms with van der Waals surface area (Å²) in [5, 5.41) is 8.01. The summed E-state index contributed by atoms with van der Waals surface area (Å²) in [7, 11) is 2.05. The lowest BCUT2D eigenvalue weighted by atomic mass is 9.93. The molecule has 1 unspecified atom stereocenters. The minimum atomic E-state index is 0.520. The third kappa shape index (κ3) is 1.88. The average Bonchev–Trinajstić information content (AvgIpc) is 2.75. The number of rotatable bonds is 4. The van der Waals surface area contributed by atoms with Gasteiger partial charge in [-0.1, -0.05) is 13.8 Å². The van der Waals surface area contributed by atoms with E-state index in [9.17, 15) is 0 Å². The summed E-state index contributed by atoms with van der Waals surface area (Å²) in [4.78, 5) is 0. The molecule has 3 heteroatoms. The lowest BCUT2D eigenvalue weighted by Crippen LogP contribution is -2.23. The lowest BCUT2D eigenvalue weighted by molar-refractivity contribution is 0.399. The predicted octanol–water partition coefficient (Wildman–Crippen LogP) is 2.84. The highest BCUT2D eigenvalue weighted by Crippen LogP contribution is 2.31. The molecule has 0 spiro atoms. The van der Waals surface area contributed by atoms with Crippen LogP contribution < -0.4 is 5.32 Å². The van der Waals surface area contributed by atoms with Gasteiger partial charge in [-0.05, 0) is 39.2 Å². The highest BCUT2D eigenvalue weighted by Gasteiger charge is 2.24. The summed E-state index contributed by atoms with van der Waals surface area (Å²) < 4.78 is 2.28. The predicted molar refractivity (Wildman–Crippen MR) is 66.6 cm³/mol. The van der Waals surface area contributed by atoms with Crippen LogP contribution in [0.25, 0.3) is 0 Å². The highest BCUT2D eigenvalue weighted by molar-refractivity contribution is 5.25. The van der Waals surface area contributed by atoms with Crippen molar-refractivity contribution in [1.29, 1.82) is 0 Å². The molecular weight excluding hydrogens is 198 g/mol. The third-order valence-electron chi connectivity index (χ3n) is 3.85. The molecule has 1 aliphatic rings. The van der Waals surface area contributed by atoms with E-state index in [1.165, 1.54) is 43.4 Å². The van der Waals surface area contributed by atoms with E-state index in [4.69, 9.17) is 0 Å². The van der Waals surface area contributed by atoms with E-state index in [0.29, 0.717) is 12.1 Å². The molecule has 0 aliphatic heterocycles. The Morgan fingerprint density at radius 2 is 2.25 bits per heavy atom. The van der Waals surface area contributed by atoms with Gasteiger partial charge in [-0.15, -0.1) is 0 Å². The normalized spacial score (nSPS) is 20.1. The van der Waals surface area contributed by atoms with Crippen molar-refractivity contribution in [2.75, 3.05) is 7.05 Å². The molecule has 0 bridgehead atoms. The van der Waals surface area contributed by atoms with Crippen molar-refractivity contribution in [3.8, 4) is 0 Å². The minimum absolute atomic E-state index is 0.520. The van der Waals surface area contributed by atoms with Crippen molar-refractivity contribution in [1.82, 2.24) is 15.1 Å². The molecule has 90 valence electrons. The zero-order valence-corrected chi connectivity index (χ0v) is 10.7. The first kappa shape index (κ1) is 11.6. The number of nitrogens with one attached hydrogen (secondary N) is 1. The van der Waals surface area contributed by atoms with Crippen molar-refractivity contribution < 1.29 is 0 Å². The van der Waals surface area contributed by atoms with Gasteiger partial charge < -0.3 is 5.32 Å². The van der Waals surface area contributed by atoms with E-state index >= 15 is 0 Å². The summed E-state index contributed by atoms with van der Waals surface area (Å²) >= 11 is 0. The van der Waals surface area contributed by atoms with Crippen molar-refractivity contribution in [2.24, 2.45) is 0 Å². The monoisotopic (exact) mass is 221 g/mol. The van der Waals surface area contributed by atoms with Crippen LogP contribution in [-0.4, -0.2) is 16.8 Å². The van der Waals surface area contributed by atoms with Crippen LogP contribution in [0.4, 0.5) is 0 Å². The van der Waals surface area contributed by atoms with Gasteiger partial charge in [0.15, 0.2) is 0 Å². The first-order chi connectivity index (χ1) is 7.81. The van der Waals surface area contributed by atoms with Crippen LogP contribution in [-0.2, 0) is 6.42 Å². The SMILES string of the molecule is CCC(CC)n1ncc2c1CCCC2NC. The number of hydrogen-bond donors (Lipinski definition) is 1. The van der Waals surface area contributed by atoms with Crippen molar-refractivity contribution in [3.05, 3.63) is 17.5 Å². The third-order valence-corrected chi connectivity index (χ3v) is 3.85. The van der Waals surface area contributed by atoms with Gasteiger partial charge in [0.1, 0.15) is 0 Å². The zero-order chi connectivity index (χ0) is 11.5. The Balaban J connectivity index is 2.32. The van der Waals surface area contributed by atoms with Gasteiger partial charge in [0, 0.05) is 17.3 Å². The molecule has 0 amide bonds. The van der Waals surface area contributed by atoms with E-state index in [1.807, 2.05) is 7.05 Å². The van der Waals surface area contributed by atoms with Crippen molar-refractivity contribution in [2.45, 2.75) is 58.0 Å². The van der Waals surface area contributed by atoms with E-state index in [-0.39, 0.29) is 0 Å². The molecule has 1 atom stereocenters. The lowest BCUT2D eigenvalue weighted by Gasteiger charge is -2.24. The maximum Gasteiger partial charge on any atom is 0.0540 e. The fraction of sp³-hybridized carbons (Fsp3) is 0.769. The fourth-order valence-corrected chi connectivity index (χ4v) is 2.83. The van der Waals surface area contributed by atoms with Crippen LogP contribution >= 0.6 is 0 Å². The summed E-state index contributed by atoms with van der Waals surface area (Å²) in [6.07, 6.45) is 8.16. The molecule has 0 fully saturated rings. The summed E-state index contributed by atoms with van der Waals surface area (Å²) in [6, 6.07) is 1.10. The van der Waals surface area contributed by atoms with Crippen LogP contribution in [0.3, 0.4) is 0 Å². The minimum Gasteiger partial charge on any atom is -0.313 e. The van der Waals surface area contributed by atoms with E-state index < -0.39 is 0 Å². The first-order valence-electron chi connectivity index (χ1n) is 6.55. The maximum atomic E-state index is 4.61. The van der Waals surface area contributed by atoms with Crippen LogP contribution in [0, 0.1) is 0 Å². The molecule has 2 rings (SSSR count). The Morgan fingerprint density at radius 1 is 1.50 bits per heavy atom. The molecule has 0 saturated heterocycles. The fourth-order valence-electron chi connectivity index (χ4n) is 2.83. The molecule has 16 heavy (non-hydrogen) atoms. The number of fused-ring (bicyclic) bond motifs is 1. The molecule has 1 aromatic heterocycles. The molecule has 1 aromatic rings. The van der Waals surface area contributed by atoms with Crippen molar-refractivity contribution >= 4 is 0 Å².